The Labute approximate surface area is 175 Å². The zero-order valence-electron chi connectivity index (χ0n) is 17.1. The first-order valence-electron chi connectivity index (χ1n) is 10.0. The molecule has 7 heteroatoms. The molecular formula is C22H30N2O4Si. The average Bonchev–Trinajstić information content (AvgIpc) is 2.78. The lowest BCUT2D eigenvalue weighted by molar-refractivity contribution is 0.0857. The fraction of sp³-hybridized carbons (Fsp3) is 0.364. The topological polar surface area (TPSA) is 76.7 Å². The average molecular weight is 415 g/mol. The Morgan fingerprint density at radius 2 is 1.14 bits per heavy atom. The van der Waals surface area contributed by atoms with Crippen LogP contribution in [0.2, 0.25) is 0 Å². The van der Waals surface area contributed by atoms with Gasteiger partial charge in [0.25, 0.3) is 11.8 Å². The van der Waals surface area contributed by atoms with Crippen LogP contribution in [0.5, 0.6) is 0 Å². The maximum atomic E-state index is 12.1. The van der Waals surface area contributed by atoms with Crippen LogP contribution >= 0.6 is 0 Å². The van der Waals surface area contributed by atoms with Crippen molar-refractivity contribution in [2.45, 2.75) is 38.9 Å². The summed E-state index contributed by atoms with van der Waals surface area (Å²) in [4.78, 5) is 24.3. The van der Waals surface area contributed by atoms with E-state index in [1.807, 2.05) is 50.2 Å². The van der Waals surface area contributed by atoms with E-state index in [0.29, 0.717) is 24.2 Å². The summed E-state index contributed by atoms with van der Waals surface area (Å²) in [5.41, 5.74) is 1.27. The Balaban J connectivity index is 1.68. The maximum Gasteiger partial charge on any atom is 0.305 e. The first-order valence-corrected chi connectivity index (χ1v) is 11.2. The molecule has 2 N–H and O–H groups in total. The number of carbonyl (C=O) groups excluding carboxylic acids is 2. The molecule has 0 fully saturated rings. The standard InChI is InChI=1S/C22H30N2O4Si/c1-3-19(15-23-21(25)17-11-7-5-8-12-17)27-29-28-20(4-2)16-24-22(26)18-13-9-6-10-14-18/h5-14,19-20H,3-4,15-16,29H2,1-2H3,(H,23,25)(H,24,26). The van der Waals surface area contributed by atoms with Crippen LogP contribution in [-0.2, 0) is 8.85 Å². The molecule has 0 saturated carbocycles. The largest absolute Gasteiger partial charge is 0.394 e. The predicted molar refractivity (Wildman–Crippen MR) is 116 cm³/mol. The van der Waals surface area contributed by atoms with Gasteiger partial charge in [-0.2, -0.15) is 0 Å². The van der Waals surface area contributed by atoms with Gasteiger partial charge in [-0.05, 0) is 37.1 Å². The van der Waals surface area contributed by atoms with Gasteiger partial charge >= 0.3 is 10.0 Å². The van der Waals surface area contributed by atoms with E-state index >= 15 is 0 Å². The van der Waals surface area contributed by atoms with E-state index in [9.17, 15) is 9.59 Å². The van der Waals surface area contributed by atoms with Gasteiger partial charge in [-0.3, -0.25) is 9.59 Å². The minimum absolute atomic E-state index is 0.0780. The molecule has 0 radical (unpaired) electrons. The molecule has 2 aromatic carbocycles. The summed E-state index contributed by atoms with van der Waals surface area (Å²) in [6.07, 6.45) is 1.41. The highest BCUT2D eigenvalue weighted by Crippen LogP contribution is 2.03. The van der Waals surface area contributed by atoms with Crippen molar-refractivity contribution in [2.75, 3.05) is 13.1 Å². The van der Waals surface area contributed by atoms with Crippen LogP contribution in [0.4, 0.5) is 0 Å². The zero-order valence-corrected chi connectivity index (χ0v) is 18.5. The summed E-state index contributed by atoms with van der Waals surface area (Å²) in [6.45, 7) is 4.93. The smallest absolute Gasteiger partial charge is 0.305 e. The Hall–Kier alpha value is -2.48. The van der Waals surface area contributed by atoms with Crippen molar-refractivity contribution in [3.05, 3.63) is 71.8 Å². The highest BCUT2D eigenvalue weighted by Gasteiger charge is 2.13. The SMILES string of the molecule is CCC(CNC(=O)c1ccccc1)O[SiH2]OC(CC)CNC(=O)c1ccccc1. The van der Waals surface area contributed by atoms with E-state index < -0.39 is 10.0 Å². The Morgan fingerprint density at radius 1 is 0.759 bits per heavy atom. The van der Waals surface area contributed by atoms with Gasteiger partial charge in [0.1, 0.15) is 0 Å². The zero-order chi connectivity index (χ0) is 20.9. The quantitative estimate of drug-likeness (QED) is 0.523. The Morgan fingerprint density at radius 3 is 1.48 bits per heavy atom. The van der Waals surface area contributed by atoms with Gasteiger partial charge in [0.15, 0.2) is 0 Å². The third-order valence-electron chi connectivity index (χ3n) is 4.57. The fourth-order valence-electron chi connectivity index (χ4n) is 2.67. The third-order valence-corrected chi connectivity index (χ3v) is 5.79. The van der Waals surface area contributed by atoms with Gasteiger partial charge in [-0.25, -0.2) is 0 Å². The maximum absolute atomic E-state index is 12.1. The molecule has 6 nitrogen and oxygen atoms in total. The number of benzene rings is 2. The van der Waals surface area contributed by atoms with Crippen molar-refractivity contribution in [3.8, 4) is 0 Å². The number of amides is 2. The monoisotopic (exact) mass is 414 g/mol. The molecule has 0 saturated heterocycles. The Bertz CT molecular complexity index is 679. The van der Waals surface area contributed by atoms with Gasteiger partial charge in [-0.15, -0.1) is 0 Å². The number of hydrogen-bond acceptors (Lipinski definition) is 4. The van der Waals surface area contributed by atoms with E-state index in [0.717, 1.165) is 12.8 Å². The van der Waals surface area contributed by atoms with Crippen molar-refractivity contribution in [1.82, 2.24) is 10.6 Å². The summed E-state index contributed by atoms with van der Waals surface area (Å²) in [5, 5.41) is 5.81. The van der Waals surface area contributed by atoms with Gasteiger partial charge < -0.3 is 19.5 Å². The molecule has 2 amide bonds. The molecular weight excluding hydrogens is 384 g/mol. The highest BCUT2D eigenvalue weighted by molar-refractivity contribution is 6.18. The van der Waals surface area contributed by atoms with E-state index in [1.165, 1.54) is 0 Å². The second kappa shape index (κ2) is 12.9. The molecule has 0 aliphatic heterocycles. The van der Waals surface area contributed by atoms with Crippen molar-refractivity contribution >= 4 is 21.8 Å². The van der Waals surface area contributed by atoms with Gasteiger partial charge in [0, 0.05) is 24.2 Å². The number of nitrogens with one attached hydrogen (secondary N) is 2. The molecule has 0 heterocycles. The number of rotatable bonds is 12. The minimum atomic E-state index is -1.22. The fourth-order valence-corrected chi connectivity index (χ4v) is 3.84. The lowest BCUT2D eigenvalue weighted by Gasteiger charge is -2.21. The summed E-state index contributed by atoms with van der Waals surface area (Å²) >= 11 is 0. The molecule has 2 rings (SSSR count). The Kier molecular flexibility index (Phi) is 10.1. The summed E-state index contributed by atoms with van der Waals surface area (Å²) in [5.74, 6) is -0.212. The minimum Gasteiger partial charge on any atom is -0.394 e. The van der Waals surface area contributed by atoms with Crippen LogP contribution in [0.15, 0.2) is 60.7 Å². The van der Waals surface area contributed by atoms with Crippen molar-refractivity contribution in [2.24, 2.45) is 0 Å². The van der Waals surface area contributed by atoms with Crippen LogP contribution in [0, 0.1) is 0 Å². The molecule has 0 aromatic heterocycles. The van der Waals surface area contributed by atoms with Crippen molar-refractivity contribution in [3.63, 3.8) is 0 Å². The second-order valence-electron chi connectivity index (χ2n) is 6.66. The number of carbonyl (C=O) groups is 2. The molecule has 0 aliphatic carbocycles. The van der Waals surface area contributed by atoms with Crippen LogP contribution in [0.25, 0.3) is 0 Å². The van der Waals surface area contributed by atoms with Crippen LogP contribution < -0.4 is 10.6 Å². The summed E-state index contributed by atoms with van der Waals surface area (Å²) in [6, 6.07) is 18.2. The molecule has 2 unspecified atom stereocenters. The van der Waals surface area contributed by atoms with Gasteiger partial charge in [0.05, 0.1) is 12.2 Å². The lowest BCUT2D eigenvalue weighted by atomic mass is 10.2. The molecule has 0 bridgehead atoms. The van der Waals surface area contributed by atoms with Gasteiger partial charge in [0.2, 0.25) is 0 Å². The molecule has 156 valence electrons. The first kappa shape index (κ1) is 22.8. The van der Waals surface area contributed by atoms with Gasteiger partial charge in [-0.1, -0.05) is 50.2 Å². The second-order valence-corrected chi connectivity index (χ2v) is 7.57. The molecule has 29 heavy (non-hydrogen) atoms. The number of hydrogen-bond donors (Lipinski definition) is 2. The van der Waals surface area contributed by atoms with Crippen LogP contribution in [-0.4, -0.2) is 47.1 Å². The van der Waals surface area contributed by atoms with Crippen LogP contribution in [0.1, 0.15) is 47.4 Å². The van der Waals surface area contributed by atoms with E-state index in [-0.39, 0.29) is 24.0 Å². The molecule has 2 aromatic rings. The molecule has 0 aliphatic rings. The van der Waals surface area contributed by atoms with Crippen LogP contribution in [0.3, 0.4) is 0 Å². The summed E-state index contributed by atoms with van der Waals surface area (Å²) in [7, 11) is -1.22. The van der Waals surface area contributed by atoms with E-state index in [1.54, 1.807) is 24.3 Å². The third kappa shape index (κ3) is 8.19. The molecule has 2 atom stereocenters. The lowest BCUT2D eigenvalue weighted by Crippen LogP contribution is -2.37. The van der Waals surface area contributed by atoms with E-state index in [4.69, 9.17) is 8.85 Å². The van der Waals surface area contributed by atoms with Crippen molar-refractivity contribution < 1.29 is 18.4 Å². The van der Waals surface area contributed by atoms with E-state index in [2.05, 4.69) is 10.6 Å². The van der Waals surface area contributed by atoms with Crippen molar-refractivity contribution in [1.29, 1.82) is 0 Å². The molecule has 0 spiro atoms. The highest BCUT2D eigenvalue weighted by atomic mass is 28.3. The predicted octanol–water partition coefficient (Wildman–Crippen LogP) is 2.44. The normalized spacial score (nSPS) is 13.2. The first-order chi connectivity index (χ1) is 14.1. The summed E-state index contributed by atoms with van der Waals surface area (Å²) < 4.78 is 11.8.